The van der Waals surface area contributed by atoms with Crippen molar-refractivity contribution < 1.29 is 48.4 Å². The Hall–Kier alpha value is -3.09. The maximum Gasteiger partial charge on any atom is 0.408 e. The molecule has 0 aliphatic carbocycles. The molecule has 2 N–H and O–H groups in total. The minimum atomic E-state index is -1.89. The highest BCUT2D eigenvalue weighted by Gasteiger charge is 2.34. The van der Waals surface area contributed by atoms with Crippen LogP contribution in [0.1, 0.15) is 89.0 Å². The van der Waals surface area contributed by atoms with Crippen LogP contribution in [-0.4, -0.2) is 82.5 Å². The highest BCUT2D eigenvalue weighted by atomic mass is 16.6. The number of rotatable bonds is 12. The van der Waals surface area contributed by atoms with Crippen molar-refractivity contribution in [3.63, 3.8) is 0 Å². The van der Waals surface area contributed by atoms with Crippen LogP contribution in [-0.2, 0) is 28.6 Å². The van der Waals surface area contributed by atoms with Gasteiger partial charge in [-0.2, -0.15) is 0 Å². The summed E-state index contributed by atoms with van der Waals surface area (Å²) in [5.41, 5.74) is -6.34. The summed E-state index contributed by atoms with van der Waals surface area (Å²) >= 11 is 0. The molecule has 13 heteroatoms. The van der Waals surface area contributed by atoms with Gasteiger partial charge in [-0.1, -0.05) is 0 Å². The summed E-state index contributed by atoms with van der Waals surface area (Å²) in [6.07, 6.45) is -2.42. The first-order valence-electron chi connectivity index (χ1n) is 12.7. The monoisotopic (exact) mass is 559 g/mol. The van der Waals surface area contributed by atoms with Gasteiger partial charge in [0.2, 0.25) is 0 Å². The van der Waals surface area contributed by atoms with Crippen LogP contribution in [0.3, 0.4) is 0 Å². The van der Waals surface area contributed by atoms with Crippen LogP contribution in [0, 0.1) is 0 Å². The molecule has 13 nitrogen and oxygen atoms in total. The predicted molar refractivity (Wildman–Crippen MR) is 137 cm³/mol. The number of amides is 2. The third-order valence-corrected chi connectivity index (χ3v) is 5.08. The van der Waals surface area contributed by atoms with Crippen LogP contribution in [0.4, 0.5) is 9.59 Å². The van der Waals surface area contributed by atoms with Crippen LogP contribution >= 0.6 is 0 Å². The van der Waals surface area contributed by atoms with Gasteiger partial charge in [-0.15, -0.1) is 0 Å². The van der Waals surface area contributed by atoms with E-state index in [1.807, 2.05) is 0 Å². The molecule has 226 valence electrons. The summed E-state index contributed by atoms with van der Waals surface area (Å²) in [5, 5.41) is 28.5. The van der Waals surface area contributed by atoms with E-state index in [0.717, 1.165) is 0 Å². The summed E-state index contributed by atoms with van der Waals surface area (Å²) in [5.74, 6) is -3.82. The van der Waals surface area contributed by atoms with E-state index in [-0.39, 0.29) is 32.5 Å². The van der Waals surface area contributed by atoms with E-state index in [4.69, 9.17) is 14.2 Å². The highest BCUT2D eigenvalue weighted by molar-refractivity contribution is 5.83. The number of carboxylic acids is 2. The lowest BCUT2D eigenvalue weighted by Crippen LogP contribution is -2.61. The molecule has 2 atom stereocenters. The van der Waals surface area contributed by atoms with Crippen molar-refractivity contribution in [1.29, 1.82) is 0 Å². The zero-order valence-electron chi connectivity index (χ0n) is 25.1. The molecule has 0 aromatic heterocycles. The second kappa shape index (κ2) is 13.3. The number of aliphatic carboxylic acids is 2. The number of carboxylic acid groups (broad SMARTS) is 2. The number of esters is 1. The molecule has 0 saturated heterocycles. The van der Waals surface area contributed by atoms with Gasteiger partial charge in [0.25, 0.3) is 0 Å². The minimum Gasteiger partial charge on any atom is -0.548 e. The van der Waals surface area contributed by atoms with Gasteiger partial charge in [0, 0.05) is 13.1 Å². The summed E-state index contributed by atoms with van der Waals surface area (Å²) in [6, 6.07) is 0. The smallest absolute Gasteiger partial charge is 0.408 e. The molecule has 0 bridgehead atoms. The number of hydrogen-bond acceptors (Lipinski definition) is 11. The second-order valence-corrected chi connectivity index (χ2v) is 12.9. The van der Waals surface area contributed by atoms with E-state index < -0.39 is 58.0 Å². The van der Waals surface area contributed by atoms with Crippen molar-refractivity contribution in [1.82, 2.24) is 15.5 Å². The van der Waals surface area contributed by atoms with E-state index in [1.165, 1.54) is 18.7 Å². The lowest BCUT2D eigenvalue weighted by molar-refractivity contribution is -0.314. The van der Waals surface area contributed by atoms with Crippen molar-refractivity contribution in [3.05, 3.63) is 0 Å². The Morgan fingerprint density at radius 1 is 0.590 bits per heavy atom. The SMILES string of the molecule is CC(C)(C)OC(=O)CN(CCC(C)(NC(=O)OC(C)(C)C)C(=O)[O-])CCC(C)(NC(=O)OC(C)(C)C)C(=O)[O-]. The van der Waals surface area contributed by atoms with E-state index >= 15 is 0 Å². The quantitative estimate of drug-likeness (QED) is 0.250. The van der Waals surface area contributed by atoms with Crippen molar-refractivity contribution in [2.75, 3.05) is 19.6 Å². The van der Waals surface area contributed by atoms with Crippen LogP contribution in [0.15, 0.2) is 0 Å². The molecule has 39 heavy (non-hydrogen) atoms. The Bertz CT molecular complexity index is 843. The normalized spacial score (nSPS) is 15.4. The molecule has 0 radical (unpaired) electrons. The van der Waals surface area contributed by atoms with Gasteiger partial charge in [0.05, 0.1) is 29.6 Å². The maximum atomic E-state index is 12.6. The van der Waals surface area contributed by atoms with Gasteiger partial charge in [-0.25, -0.2) is 9.59 Å². The van der Waals surface area contributed by atoms with Crippen LogP contribution in [0.5, 0.6) is 0 Å². The van der Waals surface area contributed by atoms with E-state index in [9.17, 15) is 34.2 Å². The second-order valence-electron chi connectivity index (χ2n) is 12.9. The Labute approximate surface area is 230 Å². The Kier molecular flexibility index (Phi) is 12.3. The zero-order chi connectivity index (χ0) is 31.0. The highest BCUT2D eigenvalue weighted by Crippen LogP contribution is 2.17. The molecular weight excluding hydrogens is 514 g/mol. The first-order valence-corrected chi connectivity index (χ1v) is 12.7. The first-order chi connectivity index (χ1) is 17.3. The molecule has 0 saturated carbocycles. The maximum absolute atomic E-state index is 12.6. The molecule has 0 aliphatic heterocycles. The van der Waals surface area contributed by atoms with Crippen molar-refractivity contribution in [3.8, 4) is 0 Å². The van der Waals surface area contributed by atoms with Crippen molar-refractivity contribution in [2.24, 2.45) is 0 Å². The summed E-state index contributed by atoms with van der Waals surface area (Å²) in [7, 11) is 0. The minimum absolute atomic E-state index is 0.102. The molecule has 0 fully saturated rings. The summed E-state index contributed by atoms with van der Waals surface area (Å²) in [4.78, 5) is 62.4. The number of carbonyl (C=O) groups excluding carboxylic acids is 5. The van der Waals surface area contributed by atoms with E-state index in [2.05, 4.69) is 10.6 Å². The van der Waals surface area contributed by atoms with Crippen molar-refractivity contribution in [2.45, 2.75) is 117 Å². The summed E-state index contributed by atoms with van der Waals surface area (Å²) in [6.45, 7) is 16.6. The molecule has 0 aromatic rings. The van der Waals surface area contributed by atoms with Gasteiger partial charge < -0.3 is 44.6 Å². The van der Waals surface area contributed by atoms with E-state index in [0.29, 0.717) is 0 Å². The molecule has 0 aliphatic rings. The molecule has 0 rings (SSSR count). The topological polar surface area (TPSA) is 186 Å². The molecule has 0 spiro atoms. The van der Waals surface area contributed by atoms with Gasteiger partial charge in [-0.3, -0.25) is 9.69 Å². The fourth-order valence-corrected chi connectivity index (χ4v) is 3.08. The fourth-order valence-electron chi connectivity index (χ4n) is 3.08. The number of nitrogens with one attached hydrogen (secondary N) is 2. The number of ether oxygens (including phenoxy) is 3. The zero-order valence-corrected chi connectivity index (χ0v) is 25.1. The average molecular weight is 560 g/mol. The Balaban J connectivity index is 5.81. The lowest BCUT2D eigenvalue weighted by atomic mass is 9.96. The molecule has 2 unspecified atom stereocenters. The summed E-state index contributed by atoms with van der Waals surface area (Å²) < 4.78 is 15.6. The first kappa shape index (κ1) is 35.9. The average Bonchev–Trinajstić information content (AvgIpc) is 2.65. The molecule has 0 heterocycles. The van der Waals surface area contributed by atoms with Crippen LogP contribution < -0.4 is 20.8 Å². The fraction of sp³-hybridized carbons (Fsp3) is 0.808. The number of hydrogen-bond donors (Lipinski definition) is 2. The van der Waals surface area contributed by atoms with Gasteiger partial charge in [0.1, 0.15) is 16.8 Å². The standard InChI is InChI=1S/C26H47N3O10/c1-22(2,3)37-17(30)16-29(14-12-25(10,18(31)32)27-20(35)38-23(4,5)6)15-13-26(11,19(33)34)28-21(36)39-24(7,8)9/h12-16H2,1-11H3,(H,27,35)(H,28,36)(H,31,32)(H,33,34)/p-2. The predicted octanol–water partition coefficient (Wildman–Crippen LogP) is 0.477. The van der Waals surface area contributed by atoms with Crippen LogP contribution in [0.2, 0.25) is 0 Å². The molecule has 2 amide bonds. The third kappa shape index (κ3) is 15.2. The van der Waals surface area contributed by atoms with Gasteiger partial charge in [0.15, 0.2) is 0 Å². The lowest BCUT2D eigenvalue weighted by Gasteiger charge is -2.37. The molecular formula is C26H45N3O10-2. The molecule has 0 aromatic carbocycles. The van der Waals surface area contributed by atoms with Crippen LogP contribution in [0.25, 0.3) is 0 Å². The van der Waals surface area contributed by atoms with Gasteiger partial charge in [-0.05, 0) is 89.0 Å². The van der Waals surface area contributed by atoms with E-state index in [1.54, 1.807) is 62.3 Å². The van der Waals surface area contributed by atoms with Crippen molar-refractivity contribution >= 4 is 30.1 Å². The Morgan fingerprint density at radius 2 is 0.897 bits per heavy atom. The number of nitrogens with zero attached hydrogens (tertiary/aromatic N) is 1. The third-order valence-electron chi connectivity index (χ3n) is 5.08. The number of carbonyl (C=O) groups is 5. The Morgan fingerprint density at radius 3 is 1.15 bits per heavy atom. The number of alkyl carbamates (subject to hydrolysis) is 2. The van der Waals surface area contributed by atoms with Gasteiger partial charge >= 0.3 is 18.2 Å². The largest absolute Gasteiger partial charge is 0.548 e.